The summed E-state index contributed by atoms with van der Waals surface area (Å²) in [6, 6.07) is 15.4. The average molecular weight is 352 g/mol. The summed E-state index contributed by atoms with van der Waals surface area (Å²) in [5.74, 6) is 1.37. The third-order valence-electron chi connectivity index (χ3n) is 4.66. The number of thioether (sulfide) groups is 2. The summed E-state index contributed by atoms with van der Waals surface area (Å²) in [5.41, 5.74) is -2.63. The zero-order valence-electron chi connectivity index (χ0n) is 12.8. The summed E-state index contributed by atoms with van der Waals surface area (Å²) in [6.07, 6.45) is 0.233. The number of nitrogens with zero attached hydrogens (tertiary/aromatic N) is 4. The van der Waals surface area contributed by atoms with Crippen LogP contribution in [0.25, 0.3) is 0 Å². The van der Waals surface area contributed by atoms with Crippen LogP contribution in [0.5, 0.6) is 5.75 Å². The maximum absolute atomic E-state index is 9.96. The maximum Gasteiger partial charge on any atom is 0.203 e. The van der Waals surface area contributed by atoms with Gasteiger partial charge in [0.15, 0.2) is 5.41 Å². The lowest BCUT2D eigenvalue weighted by atomic mass is 9.60. The number of fused-ring (bicyclic) bond motifs is 2. The summed E-state index contributed by atoms with van der Waals surface area (Å²) in [7, 11) is 1.56. The van der Waals surface area contributed by atoms with Gasteiger partial charge in [0.1, 0.15) is 9.83 Å². The lowest BCUT2D eigenvalue weighted by Gasteiger charge is -2.47. The smallest absolute Gasteiger partial charge is 0.203 e. The number of benzene rings is 1. The number of nitriles is 4. The molecule has 24 heavy (non-hydrogen) atoms. The lowest BCUT2D eigenvalue weighted by Crippen LogP contribution is -2.53. The Morgan fingerprint density at radius 2 is 1.67 bits per heavy atom. The third kappa shape index (κ3) is 1.81. The van der Waals surface area contributed by atoms with Crippen molar-refractivity contribution in [1.29, 1.82) is 21.0 Å². The van der Waals surface area contributed by atoms with Gasteiger partial charge in [-0.1, -0.05) is 12.1 Å². The standard InChI is InChI=1S/C17H12N4OS2/c1-22-13-4-2-12(3-5-13)17-16(10-20,11-21)15(8-18,9-19)6-14(24-17)7-23-17/h2-5,14H,6-7H2,1H3. The van der Waals surface area contributed by atoms with Crippen molar-refractivity contribution < 1.29 is 4.74 Å². The molecule has 2 saturated heterocycles. The molecule has 2 aliphatic heterocycles. The fourth-order valence-corrected chi connectivity index (χ4v) is 7.61. The first-order valence-corrected chi connectivity index (χ1v) is 9.05. The summed E-state index contributed by atoms with van der Waals surface area (Å²) >= 11 is 3.02. The van der Waals surface area contributed by atoms with E-state index in [1.54, 1.807) is 19.2 Å². The minimum Gasteiger partial charge on any atom is -0.497 e. The van der Waals surface area contributed by atoms with E-state index in [9.17, 15) is 21.0 Å². The van der Waals surface area contributed by atoms with Gasteiger partial charge in [0.05, 0.1) is 31.4 Å². The number of hydrogen-bond acceptors (Lipinski definition) is 7. The Labute approximate surface area is 148 Å². The molecule has 0 aromatic heterocycles. The van der Waals surface area contributed by atoms with Crippen molar-refractivity contribution in [2.24, 2.45) is 10.8 Å². The number of rotatable bonds is 2. The summed E-state index contributed by atoms with van der Waals surface area (Å²) < 4.78 is 4.21. The molecule has 3 rings (SSSR count). The molecule has 2 atom stereocenters. The van der Waals surface area contributed by atoms with E-state index < -0.39 is 14.9 Å². The van der Waals surface area contributed by atoms with Crippen LogP contribution in [0.4, 0.5) is 0 Å². The second-order valence-electron chi connectivity index (χ2n) is 5.70. The summed E-state index contributed by atoms with van der Waals surface area (Å²) in [6.45, 7) is 0. The molecule has 2 unspecified atom stereocenters. The van der Waals surface area contributed by atoms with E-state index in [-0.39, 0.29) is 11.7 Å². The molecule has 2 bridgehead atoms. The van der Waals surface area contributed by atoms with E-state index in [1.807, 2.05) is 24.3 Å². The van der Waals surface area contributed by atoms with Gasteiger partial charge in [-0.15, -0.1) is 23.5 Å². The highest BCUT2D eigenvalue weighted by Crippen LogP contribution is 2.73. The van der Waals surface area contributed by atoms with Crippen LogP contribution in [0.1, 0.15) is 12.0 Å². The second-order valence-corrected chi connectivity index (χ2v) is 8.71. The van der Waals surface area contributed by atoms with Crippen LogP contribution in [0.15, 0.2) is 24.3 Å². The first kappa shape index (κ1) is 16.5. The molecule has 0 N–H and O–H groups in total. The fraction of sp³-hybridized carbons (Fsp3) is 0.412. The maximum atomic E-state index is 9.96. The second kappa shape index (κ2) is 5.64. The predicted octanol–water partition coefficient (Wildman–Crippen LogP) is 3.17. The zero-order chi connectivity index (χ0) is 17.4. The van der Waals surface area contributed by atoms with E-state index in [0.29, 0.717) is 11.5 Å². The molecule has 1 aromatic rings. The molecular formula is C17H12N4OS2. The van der Waals surface area contributed by atoms with Crippen LogP contribution < -0.4 is 4.74 Å². The Kier molecular flexibility index (Phi) is 3.89. The summed E-state index contributed by atoms with van der Waals surface area (Å²) in [5, 5.41) is 39.4. The first-order valence-electron chi connectivity index (χ1n) is 7.18. The van der Waals surface area contributed by atoms with Gasteiger partial charge in [-0.2, -0.15) is 21.0 Å². The topological polar surface area (TPSA) is 104 Å². The molecule has 2 fully saturated rings. The molecule has 2 heterocycles. The van der Waals surface area contributed by atoms with Gasteiger partial charge >= 0.3 is 0 Å². The van der Waals surface area contributed by atoms with E-state index in [1.165, 1.54) is 23.5 Å². The molecule has 2 aliphatic rings. The van der Waals surface area contributed by atoms with Crippen molar-refractivity contribution >= 4 is 23.5 Å². The Morgan fingerprint density at radius 3 is 2.17 bits per heavy atom. The molecule has 0 spiro atoms. The van der Waals surface area contributed by atoms with E-state index in [2.05, 4.69) is 12.1 Å². The van der Waals surface area contributed by atoms with Crippen LogP contribution in [0.2, 0.25) is 0 Å². The van der Waals surface area contributed by atoms with E-state index in [4.69, 9.17) is 4.74 Å². The molecule has 0 aliphatic carbocycles. The van der Waals surface area contributed by atoms with Gasteiger partial charge in [-0.3, -0.25) is 0 Å². The number of ether oxygens (including phenoxy) is 1. The minimum absolute atomic E-state index is 0.0613. The first-order chi connectivity index (χ1) is 11.6. The normalized spacial score (nSPS) is 28.6. The van der Waals surface area contributed by atoms with Crippen molar-refractivity contribution in [3.63, 3.8) is 0 Å². The lowest BCUT2D eigenvalue weighted by molar-refractivity contribution is 0.250. The Hall–Kier alpha value is -2.32. The SMILES string of the molecule is COc1ccc(C23SCC(CC(C#N)(C#N)C2(C#N)C#N)S3)cc1. The molecule has 0 saturated carbocycles. The van der Waals surface area contributed by atoms with Crippen LogP contribution >= 0.6 is 23.5 Å². The van der Waals surface area contributed by atoms with Crippen molar-refractivity contribution in [1.82, 2.24) is 0 Å². The van der Waals surface area contributed by atoms with E-state index in [0.717, 1.165) is 5.56 Å². The highest BCUT2D eigenvalue weighted by Gasteiger charge is 2.74. The Balaban J connectivity index is 2.28. The summed E-state index contributed by atoms with van der Waals surface area (Å²) in [4.78, 5) is 0. The quantitative estimate of drug-likeness (QED) is 0.805. The van der Waals surface area contributed by atoms with Crippen molar-refractivity contribution in [3.8, 4) is 30.0 Å². The zero-order valence-corrected chi connectivity index (χ0v) is 14.4. The van der Waals surface area contributed by atoms with Gasteiger partial charge in [-0.05, 0) is 24.1 Å². The highest BCUT2D eigenvalue weighted by molar-refractivity contribution is 8.21. The molecular weight excluding hydrogens is 340 g/mol. The van der Waals surface area contributed by atoms with Gasteiger partial charge in [0, 0.05) is 11.0 Å². The van der Waals surface area contributed by atoms with Crippen LogP contribution in [-0.2, 0) is 4.08 Å². The minimum atomic E-state index is -1.75. The van der Waals surface area contributed by atoms with Gasteiger partial charge in [0.25, 0.3) is 0 Å². The Bertz CT molecular complexity index is 812. The van der Waals surface area contributed by atoms with Gasteiger partial charge in [-0.25, -0.2) is 0 Å². The molecule has 5 nitrogen and oxygen atoms in total. The highest BCUT2D eigenvalue weighted by atomic mass is 32.2. The van der Waals surface area contributed by atoms with Crippen LogP contribution in [0, 0.1) is 56.2 Å². The average Bonchev–Trinajstić information content (AvgIpc) is 3.02. The molecule has 118 valence electrons. The molecule has 7 heteroatoms. The molecule has 0 radical (unpaired) electrons. The monoisotopic (exact) mass is 352 g/mol. The number of hydrogen-bond donors (Lipinski definition) is 0. The predicted molar refractivity (Wildman–Crippen MR) is 90.4 cm³/mol. The van der Waals surface area contributed by atoms with Crippen LogP contribution in [0.3, 0.4) is 0 Å². The van der Waals surface area contributed by atoms with Crippen molar-refractivity contribution in [2.45, 2.75) is 15.7 Å². The van der Waals surface area contributed by atoms with Gasteiger partial charge in [0.2, 0.25) is 5.41 Å². The van der Waals surface area contributed by atoms with Gasteiger partial charge < -0.3 is 4.74 Å². The molecule has 0 amide bonds. The largest absolute Gasteiger partial charge is 0.497 e. The van der Waals surface area contributed by atoms with Crippen LogP contribution in [-0.4, -0.2) is 18.1 Å². The van der Waals surface area contributed by atoms with Crippen molar-refractivity contribution in [2.75, 3.05) is 12.9 Å². The third-order valence-corrected chi connectivity index (χ3v) is 8.57. The fourth-order valence-electron chi connectivity index (χ4n) is 3.41. The van der Waals surface area contributed by atoms with E-state index >= 15 is 0 Å². The van der Waals surface area contributed by atoms with Crippen molar-refractivity contribution in [3.05, 3.63) is 29.8 Å². The molecule has 1 aromatic carbocycles. The Morgan fingerprint density at radius 1 is 1.04 bits per heavy atom. The number of methoxy groups -OCH3 is 1.